The number of methoxy groups -OCH3 is 1. The highest BCUT2D eigenvalue weighted by Crippen LogP contribution is 2.27. The van der Waals surface area contributed by atoms with E-state index in [1.54, 1.807) is 13.2 Å². The van der Waals surface area contributed by atoms with E-state index in [2.05, 4.69) is 0 Å². The van der Waals surface area contributed by atoms with Crippen molar-refractivity contribution in [2.75, 3.05) is 40.0 Å². The summed E-state index contributed by atoms with van der Waals surface area (Å²) < 4.78 is 21.9. The Hall–Kier alpha value is -1.79. The van der Waals surface area contributed by atoms with Gasteiger partial charge in [-0.1, -0.05) is 12.1 Å². The molecule has 126 valence electrons. The van der Waals surface area contributed by atoms with Gasteiger partial charge in [0.1, 0.15) is 0 Å². The fourth-order valence-electron chi connectivity index (χ4n) is 3.04. The molecule has 2 aliphatic heterocycles. The van der Waals surface area contributed by atoms with E-state index in [1.807, 2.05) is 23.1 Å². The predicted octanol–water partition coefficient (Wildman–Crippen LogP) is 1.69. The van der Waals surface area contributed by atoms with Gasteiger partial charge < -0.3 is 23.8 Å². The molecule has 6 nitrogen and oxygen atoms in total. The van der Waals surface area contributed by atoms with Gasteiger partial charge in [-0.25, -0.2) is 0 Å². The third kappa shape index (κ3) is 3.95. The van der Waals surface area contributed by atoms with Crippen LogP contribution in [0.4, 0.5) is 0 Å². The number of ether oxygens (including phenoxy) is 4. The Morgan fingerprint density at radius 1 is 1.17 bits per heavy atom. The second-order valence-corrected chi connectivity index (χ2v) is 5.77. The van der Waals surface area contributed by atoms with Crippen molar-refractivity contribution in [1.82, 2.24) is 4.90 Å². The van der Waals surface area contributed by atoms with Crippen LogP contribution in [0.5, 0.6) is 11.5 Å². The molecule has 0 saturated carbocycles. The first kappa shape index (κ1) is 16.1. The van der Waals surface area contributed by atoms with Gasteiger partial charge in [-0.3, -0.25) is 4.79 Å². The van der Waals surface area contributed by atoms with Crippen LogP contribution in [0.25, 0.3) is 0 Å². The van der Waals surface area contributed by atoms with E-state index in [9.17, 15) is 4.79 Å². The number of benzene rings is 1. The molecule has 1 amide bonds. The van der Waals surface area contributed by atoms with E-state index in [1.165, 1.54) is 0 Å². The average molecular weight is 321 g/mol. The third-order valence-electron chi connectivity index (χ3n) is 4.35. The van der Waals surface area contributed by atoms with E-state index >= 15 is 0 Å². The van der Waals surface area contributed by atoms with Crippen molar-refractivity contribution < 1.29 is 23.7 Å². The van der Waals surface area contributed by atoms with Crippen molar-refractivity contribution in [2.24, 2.45) is 5.92 Å². The fraction of sp³-hybridized carbons (Fsp3) is 0.588. The molecule has 0 aromatic heterocycles. The zero-order valence-electron chi connectivity index (χ0n) is 13.4. The number of rotatable bonds is 5. The zero-order chi connectivity index (χ0) is 16.1. The summed E-state index contributed by atoms with van der Waals surface area (Å²) in [5, 5.41) is 0. The lowest BCUT2D eigenvalue weighted by atomic mass is 9.96. The first-order valence-corrected chi connectivity index (χ1v) is 8.04. The summed E-state index contributed by atoms with van der Waals surface area (Å²) in [6.07, 6.45) is 1.73. The summed E-state index contributed by atoms with van der Waals surface area (Å²) in [6.45, 7) is 2.83. The van der Waals surface area contributed by atoms with Crippen LogP contribution < -0.4 is 9.47 Å². The minimum Gasteiger partial charge on any atom is -0.493 e. The molecular weight excluding hydrogens is 298 g/mol. The molecule has 23 heavy (non-hydrogen) atoms. The van der Waals surface area contributed by atoms with Crippen LogP contribution in [-0.2, 0) is 14.3 Å². The summed E-state index contributed by atoms with van der Waals surface area (Å²) >= 11 is 0. The monoisotopic (exact) mass is 321 g/mol. The summed E-state index contributed by atoms with van der Waals surface area (Å²) in [7, 11) is 1.59. The Balaban J connectivity index is 1.46. The number of hydrogen-bond donors (Lipinski definition) is 0. The van der Waals surface area contributed by atoms with Crippen molar-refractivity contribution >= 4 is 5.91 Å². The second kappa shape index (κ2) is 7.66. The molecule has 0 unspecified atom stereocenters. The van der Waals surface area contributed by atoms with Gasteiger partial charge in [0.15, 0.2) is 24.4 Å². The maximum absolute atomic E-state index is 12.3. The molecule has 0 aliphatic carbocycles. The minimum atomic E-state index is -0.0860. The van der Waals surface area contributed by atoms with Crippen LogP contribution in [0.3, 0.4) is 0 Å². The number of carbonyl (C=O) groups excluding carboxylic acids is 1. The Morgan fingerprint density at radius 3 is 2.48 bits per heavy atom. The van der Waals surface area contributed by atoms with E-state index in [0.29, 0.717) is 30.6 Å². The van der Waals surface area contributed by atoms with Crippen LogP contribution >= 0.6 is 0 Å². The van der Waals surface area contributed by atoms with Crippen molar-refractivity contribution in [2.45, 2.75) is 19.1 Å². The van der Waals surface area contributed by atoms with Crippen LogP contribution in [0.15, 0.2) is 24.3 Å². The fourth-order valence-corrected chi connectivity index (χ4v) is 3.04. The topological polar surface area (TPSA) is 57.2 Å². The summed E-state index contributed by atoms with van der Waals surface area (Å²) in [5.74, 6) is 1.61. The highest BCUT2D eigenvalue weighted by atomic mass is 16.7. The number of piperidine rings is 1. The van der Waals surface area contributed by atoms with Gasteiger partial charge >= 0.3 is 0 Å². The molecule has 2 aliphatic rings. The number of amides is 1. The molecule has 2 heterocycles. The molecule has 0 spiro atoms. The standard InChI is InChI=1S/C17H23NO5/c1-20-14-4-2-3-5-15(14)23-12-16(19)18-8-6-13(7-9-18)17-21-10-11-22-17/h2-5,13,17H,6-12H2,1H3. The second-order valence-electron chi connectivity index (χ2n) is 5.77. The quantitative estimate of drug-likeness (QED) is 0.826. The van der Waals surface area contributed by atoms with Gasteiger partial charge in [0.2, 0.25) is 0 Å². The Kier molecular flexibility index (Phi) is 5.35. The molecule has 0 atom stereocenters. The van der Waals surface area contributed by atoms with Gasteiger partial charge in [0, 0.05) is 19.0 Å². The number of nitrogens with zero attached hydrogens (tertiary/aromatic N) is 1. The highest BCUT2D eigenvalue weighted by molar-refractivity contribution is 5.78. The van der Waals surface area contributed by atoms with Gasteiger partial charge in [-0.2, -0.15) is 0 Å². The summed E-state index contributed by atoms with van der Waals surface area (Å²) in [4.78, 5) is 14.1. The molecule has 2 saturated heterocycles. The van der Waals surface area contributed by atoms with Crippen molar-refractivity contribution in [3.63, 3.8) is 0 Å². The average Bonchev–Trinajstić information content (AvgIpc) is 3.14. The molecular formula is C17H23NO5. The lowest BCUT2D eigenvalue weighted by Gasteiger charge is -2.33. The Labute approximate surface area is 136 Å². The van der Waals surface area contributed by atoms with Gasteiger partial charge in [-0.05, 0) is 25.0 Å². The van der Waals surface area contributed by atoms with E-state index in [-0.39, 0.29) is 18.8 Å². The molecule has 0 N–H and O–H groups in total. The van der Waals surface area contributed by atoms with Crippen molar-refractivity contribution in [3.05, 3.63) is 24.3 Å². The molecule has 2 fully saturated rings. The summed E-state index contributed by atoms with van der Waals surface area (Å²) in [5.41, 5.74) is 0. The van der Waals surface area contributed by atoms with Gasteiger partial charge in [-0.15, -0.1) is 0 Å². The SMILES string of the molecule is COc1ccccc1OCC(=O)N1CCC(C2OCCO2)CC1. The number of hydrogen-bond acceptors (Lipinski definition) is 5. The number of likely N-dealkylation sites (tertiary alicyclic amines) is 1. The van der Waals surface area contributed by atoms with E-state index in [0.717, 1.165) is 25.9 Å². The van der Waals surface area contributed by atoms with Crippen LogP contribution in [0.2, 0.25) is 0 Å². The molecule has 3 rings (SSSR count). The van der Waals surface area contributed by atoms with Crippen LogP contribution in [-0.4, -0.2) is 57.1 Å². The summed E-state index contributed by atoms with van der Waals surface area (Å²) in [6, 6.07) is 7.33. The van der Waals surface area contributed by atoms with E-state index < -0.39 is 0 Å². The van der Waals surface area contributed by atoms with E-state index in [4.69, 9.17) is 18.9 Å². The molecule has 1 aromatic rings. The Bertz CT molecular complexity index is 521. The van der Waals surface area contributed by atoms with Crippen LogP contribution in [0.1, 0.15) is 12.8 Å². The maximum atomic E-state index is 12.3. The number of carbonyl (C=O) groups is 1. The van der Waals surface area contributed by atoms with Crippen molar-refractivity contribution in [3.8, 4) is 11.5 Å². The Morgan fingerprint density at radius 2 is 1.83 bits per heavy atom. The number of para-hydroxylation sites is 2. The zero-order valence-corrected chi connectivity index (χ0v) is 13.4. The first-order chi connectivity index (χ1) is 11.3. The largest absolute Gasteiger partial charge is 0.493 e. The molecule has 0 radical (unpaired) electrons. The smallest absolute Gasteiger partial charge is 0.260 e. The van der Waals surface area contributed by atoms with Crippen LogP contribution in [0, 0.1) is 5.92 Å². The third-order valence-corrected chi connectivity index (χ3v) is 4.35. The lowest BCUT2D eigenvalue weighted by Crippen LogP contribution is -2.43. The highest BCUT2D eigenvalue weighted by Gasteiger charge is 2.31. The van der Waals surface area contributed by atoms with Gasteiger partial charge in [0.25, 0.3) is 5.91 Å². The predicted molar refractivity (Wildman–Crippen MR) is 83.5 cm³/mol. The van der Waals surface area contributed by atoms with Crippen molar-refractivity contribution in [1.29, 1.82) is 0 Å². The molecule has 6 heteroatoms. The molecule has 1 aromatic carbocycles. The first-order valence-electron chi connectivity index (χ1n) is 8.04. The minimum absolute atomic E-state index is 0.00242. The lowest BCUT2D eigenvalue weighted by molar-refractivity contribution is -0.138. The molecule has 0 bridgehead atoms. The van der Waals surface area contributed by atoms with Gasteiger partial charge in [0.05, 0.1) is 20.3 Å². The maximum Gasteiger partial charge on any atom is 0.260 e. The normalized spacial score (nSPS) is 19.8.